The van der Waals surface area contributed by atoms with Crippen molar-refractivity contribution in [3.05, 3.63) is 70.1 Å². The summed E-state index contributed by atoms with van der Waals surface area (Å²) in [4.78, 5) is 12.7. The number of thiocarbonyl (C=S) groups is 1. The Balaban J connectivity index is 1.56. The Morgan fingerprint density at radius 2 is 1.75 bits per heavy atom. The van der Waals surface area contributed by atoms with Gasteiger partial charge >= 0.3 is 0 Å². The first kappa shape index (κ1) is 16.7. The molecule has 1 heterocycles. The lowest BCUT2D eigenvalue weighted by molar-refractivity contribution is 0.0948. The number of fused-ring (bicyclic) bond motifs is 1. The summed E-state index contributed by atoms with van der Waals surface area (Å²) in [5.74, 6) is -0.315. The number of hydrazine groups is 1. The van der Waals surface area contributed by atoms with E-state index in [2.05, 4.69) is 16.2 Å². The second-order valence-corrected chi connectivity index (χ2v) is 6.83. The van der Waals surface area contributed by atoms with Crippen molar-refractivity contribution in [1.82, 2.24) is 16.2 Å². The van der Waals surface area contributed by atoms with Gasteiger partial charge in [-0.15, -0.1) is 11.3 Å². The Labute approximate surface area is 153 Å². The van der Waals surface area contributed by atoms with E-state index in [0.717, 1.165) is 15.6 Å². The van der Waals surface area contributed by atoms with E-state index in [9.17, 15) is 4.79 Å². The highest BCUT2D eigenvalue weighted by atomic mass is 35.5. The predicted octanol–water partition coefficient (Wildman–Crippen LogP) is 3.86. The van der Waals surface area contributed by atoms with E-state index in [1.807, 2.05) is 54.6 Å². The van der Waals surface area contributed by atoms with Crippen LogP contribution in [0.5, 0.6) is 0 Å². The molecule has 2 aromatic carbocycles. The third kappa shape index (κ3) is 3.84. The zero-order valence-electron chi connectivity index (χ0n) is 12.5. The van der Waals surface area contributed by atoms with Crippen LogP contribution in [0.15, 0.2) is 54.6 Å². The number of hydrogen-bond acceptors (Lipinski definition) is 3. The van der Waals surface area contributed by atoms with Gasteiger partial charge in [-0.1, -0.05) is 60.1 Å². The molecule has 0 fully saturated rings. The first-order chi connectivity index (χ1) is 11.6. The maximum Gasteiger partial charge on any atom is 0.281 e. The molecule has 0 saturated carbocycles. The molecule has 0 unspecified atom stereocenters. The van der Waals surface area contributed by atoms with Crippen molar-refractivity contribution < 1.29 is 4.79 Å². The first-order valence-corrected chi connectivity index (χ1v) is 8.80. The van der Waals surface area contributed by atoms with Gasteiger partial charge in [-0.05, 0) is 23.8 Å². The fraction of sp³-hybridized carbons (Fsp3) is 0.0588. The largest absolute Gasteiger partial charge is 0.357 e. The second kappa shape index (κ2) is 7.61. The molecule has 0 aliphatic rings. The minimum absolute atomic E-state index is 0.315. The maximum absolute atomic E-state index is 12.3. The van der Waals surface area contributed by atoms with Gasteiger partial charge in [-0.2, -0.15) is 0 Å². The monoisotopic (exact) mass is 375 g/mol. The van der Waals surface area contributed by atoms with Crippen molar-refractivity contribution in [1.29, 1.82) is 0 Å². The molecule has 0 radical (unpaired) electrons. The lowest BCUT2D eigenvalue weighted by atomic mass is 10.2. The Bertz CT molecular complexity index is 880. The van der Waals surface area contributed by atoms with E-state index in [1.165, 1.54) is 11.3 Å². The van der Waals surface area contributed by atoms with Crippen LogP contribution in [0.3, 0.4) is 0 Å². The molecule has 3 aromatic rings. The van der Waals surface area contributed by atoms with Crippen LogP contribution in [-0.4, -0.2) is 11.0 Å². The number of halogens is 1. The lowest BCUT2D eigenvalue weighted by Crippen LogP contribution is -2.46. The van der Waals surface area contributed by atoms with Crippen LogP contribution in [0.2, 0.25) is 5.02 Å². The fourth-order valence-electron chi connectivity index (χ4n) is 2.15. The Kier molecular flexibility index (Phi) is 5.30. The third-order valence-electron chi connectivity index (χ3n) is 3.33. The molecule has 0 saturated heterocycles. The molecular formula is C17H14ClN3OS2. The Hall–Kier alpha value is -2.15. The van der Waals surface area contributed by atoms with Crippen molar-refractivity contribution in [3.63, 3.8) is 0 Å². The molecule has 0 aliphatic heterocycles. The number of benzene rings is 2. The standard InChI is InChI=1S/C17H14ClN3OS2/c18-14-12-8-4-5-9-13(12)24-15(14)16(22)20-21-17(23)19-10-11-6-2-1-3-7-11/h1-9H,10H2,(H,20,22)(H2,19,21,23). The predicted molar refractivity (Wildman–Crippen MR) is 103 cm³/mol. The van der Waals surface area contributed by atoms with Crippen LogP contribution in [-0.2, 0) is 6.54 Å². The second-order valence-electron chi connectivity index (χ2n) is 4.99. The van der Waals surface area contributed by atoms with Crippen LogP contribution in [0, 0.1) is 0 Å². The van der Waals surface area contributed by atoms with E-state index in [1.54, 1.807) is 0 Å². The molecule has 7 heteroatoms. The van der Waals surface area contributed by atoms with Gasteiger partial charge < -0.3 is 5.32 Å². The Morgan fingerprint density at radius 3 is 2.50 bits per heavy atom. The molecule has 1 amide bonds. The highest BCUT2D eigenvalue weighted by Crippen LogP contribution is 2.34. The number of carbonyl (C=O) groups is 1. The van der Waals surface area contributed by atoms with Crippen molar-refractivity contribution in [2.24, 2.45) is 0 Å². The fourth-order valence-corrected chi connectivity index (χ4v) is 3.69. The smallest absolute Gasteiger partial charge is 0.281 e. The lowest BCUT2D eigenvalue weighted by Gasteiger charge is -2.11. The molecule has 0 atom stereocenters. The van der Waals surface area contributed by atoms with Crippen molar-refractivity contribution in [3.8, 4) is 0 Å². The third-order valence-corrected chi connectivity index (χ3v) is 5.25. The van der Waals surface area contributed by atoms with Crippen LogP contribution in [0.25, 0.3) is 10.1 Å². The summed E-state index contributed by atoms with van der Waals surface area (Å²) in [7, 11) is 0. The molecular weight excluding hydrogens is 362 g/mol. The number of amides is 1. The molecule has 1 aromatic heterocycles. The molecule has 0 spiro atoms. The summed E-state index contributed by atoms with van der Waals surface area (Å²) < 4.78 is 0.970. The van der Waals surface area contributed by atoms with Gasteiger partial charge in [0.05, 0.1) is 5.02 Å². The van der Waals surface area contributed by atoms with Crippen LogP contribution in [0.1, 0.15) is 15.2 Å². The summed E-state index contributed by atoms with van der Waals surface area (Å²) in [5, 5.41) is 4.69. The van der Waals surface area contributed by atoms with Gasteiger partial charge in [0.25, 0.3) is 5.91 Å². The van der Waals surface area contributed by atoms with Crippen molar-refractivity contribution >= 4 is 56.3 Å². The molecule has 122 valence electrons. The number of hydrogen-bond donors (Lipinski definition) is 3. The maximum atomic E-state index is 12.3. The molecule has 3 rings (SSSR count). The van der Waals surface area contributed by atoms with E-state index in [0.29, 0.717) is 21.6 Å². The number of carbonyl (C=O) groups excluding carboxylic acids is 1. The highest BCUT2D eigenvalue weighted by Gasteiger charge is 2.16. The van der Waals surface area contributed by atoms with Gasteiger partial charge in [0, 0.05) is 16.6 Å². The molecule has 0 aliphatic carbocycles. The summed E-state index contributed by atoms with van der Waals surface area (Å²) in [6.45, 7) is 0.576. The van der Waals surface area contributed by atoms with Gasteiger partial charge in [-0.25, -0.2) is 0 Å². The van der Waals surface area contributed by atoms with Crippen molar-refractivity contribution in [2.75, 3.05) is 0 Å². The average Bonchev–Trinajstić information content (AvgIpc) is 2.96. The quantitative estimate of drug-likeness (QED) is 0.480. The zero-order valence-corrected chi connectivity index (χ0v) is 14.9. The van der Waals surface area contributed by atoms with E-state index >= 15 is 0 Å². The normalized spacial score (nSPS) is 10.4. The molecule has 0 bridgehead atoms. The van der Waals surface area contributed by atoms with Crippen molar-refractivity contribution in [2.45, 2.75) is 6.54 Å². The average molecular weight is 376 g/mol. The van der Waals surface area contributed by atoms with Gasteiger partial charge in [0.2, 0.25) is 0 Å². The van der Waals surface area contributed by atoms with Crippen LogP contribution in [0.4, 0.5) is 0 Å². The Morgan fingerprint density at radius 1 is 1.04 bits per heavy atom. The SMILES string of the molecule is O=C(NNC(=S)NCc1ccccc1)c1sc2ccccc2c1Cl. The van der Waals surface area contributed by atoms with Gasteiger partial charge in [0.15, 0.2) is 5.11 Å². The minimum Gasteiger partial charge on any atom is -0.357 e. The number of nitrogens with one attached hydrogen (secondary N) is 3. The molecule has 4 nitrogen and oxygen atoms in total. The summed E-state index contributed by atoms with van der Waals surface area (Å²) in [6, 6.07) is 17.5. The first-order valence-electron chi connectivity index (χ1n) is 7.20. The van der Waals surface area contributed by atoms with E-state index in [4.69, 9.17) is 23.8 Å². The summed E-state index contributed by atoms with van der Waals surface area (Å²) >= 11 is 12.8. The highest BCUT2D eigenvalue weighted by molar-refractivity contribution is 7.80. The molecule has 3 N–H and O–H groups in total. The van der Waals surface area contributed by atoms with Crippen LogP contribution < -0.4 is 16.2 Å². The van der Waals surface area contributed by atoms with Crippen LogP contribution >= 0.6 is 35.2 Å². The zero-order chi connectivity index (χ0) is 16.9. The van der Waals surface area contributed by atoms with E-state index < -0.39 is 0 Å². The number of rotatable bonds is 3. The minimum atomic E-state index is -0.315. The van der Waals surface area contributed by atoms with Gasteiger partial charge in [0.1, 0.15) is 4.88 Å². The topological polar surface area (TPSA) is 53.2 Å². The summed E-state index contributed by atoms with van der Waals surface area (Å²) in [5.41, 5.74) is 6.36. The summed E-state index contributed by atoms with van der Waals surface area (Å²) in [6.07, 6.45) is 0. The number of thiophene rings is 1. The van der Waals surface area contributed by atoms with E-state index in [-0.39, 0.29) is 5.91 Å². The van der Waals surface area contributed by atoms with Gasteiger partial charge in [-0.3, -0.25) is 15.6 Å². The molecule has 24 heavy (non-hydrogen) atoms.